The zero-order valence-corrected chi connectivity index (χ0v) is 15.1. The van der Waals surface area contributed by atoms with Crippen LogP contribution in [0.3, 0.4) is 0 Å². The molecule has 0 fully saturated rings. The van der Waals surface area contributed by atoms with Crippen LogP contribution in [0.2, 0.25) is 0 Å². The van der Waals surface area contributed by atoms with Crippen molar-refractivity contribution in [2.75, 3.05) is 7.05 Å². The van der Waals surface area contributed by atoms with E-state index in [-0.39, 0.29) is 6.04 Å². The number of nitrogens with two attached hydrogens (primary N) is 1. The molecule has 4 N–H and O–H groups in total. The molecular formula is C18H24N4OS. The number of rotatable bonds is 6. The third-order valence-corrected chi connectivity index (χ3v) is 4.63. The van der Waals surface area contributed by atoms with E-state index in [4.69, 9.17) is 5.73 Å². The lowest BCUT2D eigenvalue weighted by Crippen LogP contribution is -2.42. The summed E-state index contributed by atoms with van der Waals surface area (Å²) in [7, 11) is 1.76. The fourth-order valence-electron chi connectivity index (χ4n) is 2.35. The molecule has 1 aromatic carbocycles. The summed E-state index contributed by atoms with van der Waals surface area (Å²) in [5.74, 6) is 0.347. The molecule has 1 unspecified atom stereocenters. The molecule has 0 bridgehead atoms. The van der Waals surface area contributed by atoms with Gasteiger partial charge in [0.2, 0.25) is 5.91 Å². The Balaban J connectivity index is 1.84. The second-order valence-corrected chi connectivity index (χ2v) is 7.12. The average molecular weight is 344 g/mol. The molecule has 0 aliphatic rings. The highest BCUT2D eigenvalue weighted by atomic mass is 32.1. The van der Waals surface area contributed by atoms with Gasteiger partial charge in [-0.3, -0.25) is 9.79 Å². The van der Waals surface area contributed by atoms with E-state index in [1.807, 2.05) is 23.5 Å². The number of hydrogen-bond acceptors (Lipinski definition) is 3. The zero-order valence-electron chi connectivity index (χ0n) is 14.3. The Morgan fingerprint density at radius 3 is 2.50 bits per heavy atom. The maximum absolute atomic E-state index is 11.1. The second-order valence-electron chi connectivity index (χ2n) is 5.75. The van der Waals surface area contributed by atoms with Crippen LogP contribution >= 0.6 is 11.3 Å². The molecule has 2 rings (SSSR count). The van der Waals surface area contributed by atoms with Gasteiger partial charge >= 0.3 is 0 Å². The molecule has 1 heterocycles. The van der Waals surface area contributed by atoms with Gasteiger partial charge in [-0.25, -0.2) is 0 Å². The summed E-state index contributed by atoms with van der Waals surface area (Å²) in [4.78, 5) is 18.0. The summed E-state index contributed by atoms with van der Waals surface area (Å²) in [6.45, 7) is 4.89. The number of aryl methyl sites for hydroxylation is 1. The van der Waals surface area contributed by atoms with E-state index < -0.39 is 5.91 Å². The number of primary amides is 1. The maximum Gasteiger partial charge on any atom is 0.248 e. The van der Waals surface area contributed by atoms with Gasteiger partial charge < -0.3 is 16.4 Å². The number of amides is 1. The topological polar surface area (TPSA) is 79.5 Å². The monoisotopic (exact) mass is 344 g/mol. The molecule has 0 aliphatic carbocycles. The predicted molar refractivity (Wildman–Crippen MR) is 101 cm³/mol. The van der Waals surface area contributed by atoms with Crippen LogP contribution in [0.5, 0.6) is 0 Å². The van der Waals surface area contributed by atoms with Crippen molar-refractivity contribution in [2.24, 2.45) is 10.7 Å². The molecule has 0 radical (unpaired) electrons. The van der Waals surface area contributed by atoms with Crippen LogP contribution < -0.4 is 16.4 Å². The lowest BCUT2D eigenvalue weighted by Gasteiger charge is -2.17. The second kappa shape index (κ2) is 8.49. The van der Waals surface area contributed by atoms with Gasteiger partial charge in [0.1, 0.15) is 0 Å². The number of carbonyl (C=O) groups is 1. The normalized spacial score (nSPS) is 12.7. The molecule has 128 valence electrons. The summed E-state index contributed by atoms with van der Waals surface area (Å²) >= 11 is 1.83. The van der Waals surface area contributed by atoms with Crippen molar-refractivity contribution in [2.45, 2.75) is 32.9 Å². The SMILES string of the molecule is CN=C(NCc1ccc(C(N)=O)cc1)NC(C)Cc1ccc(C)s1. The van der Waals surface area contributed by atoms with Crippen molar-refractivity contribution in [1.29, 1.82) is 0 Å². The van der Waals surface area contributed by atoms with Crippen molar-refractivity contribution >= 4 is 23.2 Å². The van der Waals surface area contributed by atoms with Crippen LogP contribution in [0, 0.1) is 6.92 Å². The first-order chi connectivity index (χ1) is 11.5. The highest BCUT2D eigenvalue weighted by molar-refractivity contribution is 7.11. The van der Waals surface area contributed by atoms with E-state index in [0.29, 0.717) is 12.1 Å². The van der Waals surface area contributed by atoms with Crippen molar-refractivity contribution in [1.82, 2.24) is 10.6 Å². The Labute approximate surface area is 147 Å². The summed E-state index contributed by atoms with van der Waals surface area (Å²) in [6.07, 6.45) is 0.965. The number of nitrogens with one attached hydrogen (secondary N) is 2. The van der Waals surface area contributed by atoms with Crippen LogP contribution in [0.4, 0.5) is 0 Å². The molecule has 0 aliphatic heterocycles. The number of benzene rings is 1. The molecule has 2 aromatic rings. The van der Waals surface area contributed by atoms with Crippen molar-refractivity contribution in [3.8, 4) is 0 Å². The van der Waals surface area contributed by atoms with Gasteiger partial charge in [-0.1, -0.05) is 12.1 Å². The standard InChI is InChI=1S/C18H24N4OS/c1-12(10-16-9-4-13(2)24-16)22-18(20-3)21-11-14-5-7-15(8-6-14)17(19)23/h4-9,12H,10-11H2,1-3H3,(H2,19,23)(H2,20,21,22). The number of nitrogens with zero attached hydrogens (tertiary/aromatic N) is 1. The Morgan fingerprint density at radius 2 is 1.96 bits per heavy atom. The quantitative estimate of drug-likeness (QED) is 0.556. The Hall–Kier alpha value is -2.34. The molecule has 0 saturated heterocycles. The van der Waals surface area contributed by atoms with Crippen LogP contribution in [0.25, 0.3) is 0 Å². The van der Waals surface area contributed by atoms with Gasteiger partial charge in [0.25, 0.3) is 0 Å². The molecule has 24 heavy (non-hydrogen) atoms. The van der Waals surface area contributed by atoms with E-state index >= 15 is 0 Å². The summed E-state index contributed by atoms with van der Waals surface area (Å²) in [6, 6.07) is 11.8. The van der Waals surface area contributed by atoms with Gasteiger partial charge in [0.15, 0.2) is 5.96 Å². The Bertz CT molecular complexity index is 706. The molecule has 6 heteroatoms. The van der Waals surface area contributed by atoms with Crippen molar-refractivity contribution in [3.63, 3.8) is 0 Å². The maximum atomic E-state index is 11.1. The third kappa shape index (κ3) is 5.38. The van der Waals surface area contributed by atoms with E-state index in [0.717, 1.165) is 17.9 Å². The molecule has 1 atom stereocenters. The predicted octanol–water partition coefficient (Wildman–Crippen LogP) is 2.45. The van der Waals surface area contributed by atoms with Gasteiger partial charge in [-0.15, -0.1) is 11.3 Å². The van der Waals surface area contributed by atoms with Crippen LogP contribution in [-0.4, -0.2) is 25.0 Å². The number of carbonyl (C=O) groups excluding carboxylic acids is 1. The minimum absolute atomic E-state index is 0.284. The number of guanidine groups is 1. The Morgan fingerprint density at radius 1 is 1.25 bits per heavy atom. The summed E-state index contributed by atoms with van der Waals surface area (Å²) in [5.41, 5.74) is 6.82. The van der Waals surface area contributed by atoms with E-state index in [1.54, 1.807) is 19.2 Å². The number of aliphatic imine (C=N–C) groups is 1. The fraction of sp³-hybridized carbons (Fsp3) is 0.333. The van der Waals surface area contributed by atoms with Crippen LogP contribution in [0.1, 0.15) is 32.6 Å². The van der Waals surface area contributed by atoms with Crippen molar-refractivity contribution < 1.29 is 4.79 Å². The summed E-state index contributed by atoms with van der Waals surface area (Å²) in [5, 5.41) is 6.68. The largest absolute Gasteiger partial charge is 0.366 e. The molecule has 1 aromatic heterocycles. The minimum atomic E-state index is -0.412. The average Bonchev–Trinajstić information content (AvgIpc) is 2.96. The molecule has 0 saturated carbocycles. The Kier molecular flexibility index (Phi) is 6.37. The fourth-order valence-corrected chi connectivity index (χ4v) is 3.37. The first-order valence-electron chi connectivity index (χ1n) is 7.89. The first kappa shape index (κ1) is 18.0. The van der Waals surface area contributed by atoms with Crippen LogP contribution in [0.15, 0.2) is 41.4 Å². The third-order valence-electron chi connectivity index (χ3n) is 3.61. The van der Waals surface area contributed by atoms with Crippen molar-refractivity contribution in [3.05, 3.63) is 57.3 Å². The van der Waals surface area contributed by atoms with Crippen LogP contribution in [-0.2, 0) is 13.0 Å². The highest BCUT2D eigenvalue weighted by Crippen LogP contribution is 2.16. The summed E-state index contributed by atoms with van der Waals surface area (Å²) < 4.78 is 0. The lowest BCUT2D eigenvalue weighted by atomic mass is 10.1. The smallest absolute Gasteiger partial charge is 0.248 e. The van der Waals surface area contributed by atoms with E-state index in [9.17, 15) is 4.79 Å². The van der Waals surface area contributed by atoms with E-state index in [1.165, 1.54) is 9.75 Å². The van der Waals surface area contributed by atoms with E-state index in [2.05, 4.69) is 41.6 Å². The molecular weight excluding hydrogens is 320 g/mol. The van der Waals surface area contributed by atoms with Gasteiger partial charge in [-0.05, 0) is 43.7 Å². The number of hydrogen-bond donors (Lipinski definition) is 3. The lowest BCUT2D eigenvalue weighted by molar-refractivity contribution is 0.100. The molecule has 5 nitrogen and oxygen atoms in total. The van der Waals surface area contributed by atoms with Gasteiger partial charge in [0, 0.05) is 41.4 Å². The zero-order chi connectivity index (χ0) is 17.5. The number of thiophene rings is 1. The van der Waals surface area contributed by atoms with Gasteiger partial charge in [-0.2, -0.15) is 0 Å². The minimum Gasteiger partial charge on any atom is -0.366 e. The highest BCUT2D eigenvalue weighted by Gasteiger charge is 2.08. The van der Waals surface area contributed by atoms with Gasteiger partial charge in [0.05, 0.1) is 0 Å². The molecule has 1 amide bonds. The first-order valence-corrected chi connectivity index (χ1v) is 8.71. The molecule has 0 spiro atoms.